The second-order valence-corrected chi connectivity index (χ2v) is 1.49. The number of H-pyrrole nitrogens is 1. The summed E-state index contributed by atoms with van der Waals surface area (Å²) in [6.07, 6.45) is 0.797. The van der Waals surface area contributed by atoms with E-state index < -0.39 is 17.2 Å². The van der Waals surface area contributed by atoms with Gasteiger partial charge in [-0.15, -0.1) is 0 Å². The first-order valence-corrected chi connectivity index (χ1v) is 2.24. The summed E-state index contributed by atoms with van der Waals surface area (Å²) in [4.78, 5) is 12.0. The Morgan fingerprint density at radius 3 is 2.56 bits per heavy atom. The molecule has 4 heteroatoms. The summed E-state index contributed by atoms with van der Waals surface area (Å²) < 4.78 is 23.9. The van der Waals surface area contributed by atoms with Gasteiger partial charge in [0, 0.05) is 12.3 Å². The number of aromatic nitrogens is 1. The van der Waals surface area contributed by atoms with Crippen LogP contribution in [-0.4, -0.2) is 4.98 Å². The Morgan fingerprint density at radius 1 is 1.44 bits per heavy atom. The molecular formula is C5H3F2NO. The van der Waals surface area contributed by atoms with Crippen LogP contribution in [0.4, 0.5) is 8.78 Å². The van der Waals surface area contributed by atoms with Crippen LogP contribution in [-0.2, 0) is 0 Å². The van der Waals surface area contributed by atoms with Gasteiger partial charge in [0.2, 0.25) is 0 Å². The normalized spacial score (nSPS) is 9.56. The molecule has 0 unspecified atom stereocenters. The third kappa shape index (κ3) is 1.13. The summed E-state index contributed by atoms with van der Waals surface area (Å²) in [7, 11) is 0. The summed E-state index contributed by atoms with van der Waals surface area (Å²) in [6, 6.07) is 0.527. The average Bonchev–Trinajstić information content (AvgIpc) is 1.80. The van der Waals surface area contributed by atoms with E-state index in [9.17, 15) is 13.6 Å². The third-order valence-corrected chi connectivity index (χ3v) is 0.823. The van der Waals surface area contributed by atoms with E-state index in [1.807, 2.05) is 4.98 Å². The van der Waals surface area contributed by atoms with Crippen molar-refractivity contribution < 1.29 is 8.78 Å². The van der Waals surface area contributed by atoms with Crippen LogP contribution in [0.2, 0.25) is 0 Å². The van der Waals surface area contributed by atoms with E-state index in [1.165, 1.54) is 0 Å². The quantitative estimate of drug-likeness (QED) is 0.551. The molecule has 48 valence electrons. The van der Waals surface area contributed by atoms with Gasteiger partial charge in [-0.05, 0) is 0 Å². The lowest BCUT2D eigenvalue weighted by Gasteiger charge is -1.84. The number of nitrogens with one attached hydrogen (secondary N) is 1. The van der Waals surface area contributed by atoms with Crippen LogP contribution < -0.4 is 5.56 Å². The van der Waals surface area contributed by atoms with Crippen molar-refractivity contribution in [3.05, 3.63) is 34.3 Å². The highest BCUT2D eigenvalue weighted by Crippen LogP contribution is 1.91. The van der Waals surface area contributed by atoms with E-state index in [0.717, 1.165) is 6.20 Å². The Morgan fingerprint density at radius 2 is 2.11 bits per heavy atom. The molecule has 0 aliphatic carbocycles. The van der Waals surface area contributed by atoms with Crippen LogP contribution in [0.15, 0.2) is 17.1 Å². The SMILES string of the molecule is O=c1[nH]cc(F)cc1F. The van der Waals surface area contributed by atoms with Gasteiger partial charge in [-0.2, -0.15) is 0 Å². The number of pyridine rings is 1. The molecule has 9 heavy (non-hydrogen) atoms. The van der Waals surface area contributed by atoms with Crippen molar-refractivity contribution in [2.24, 2.45) is 0 Å². The number of halogens is 2. The summed E-state index contributed by atoms with van der Waals surface area (Å²) in [5.41, 5.74) is -0.906. The number of rotatable bonds is 0. The maximum absolute atomic E-state index is 12.0. The molecule has 0 aliphatic rings. The summed E-state index contributed by atoms with van der Waals surface area (Å²) in [6.45, 7) is 0. The fourth-order valence-electron chi connectivity index (χ4n) is 0.432. The van der Waals surface area contributed by atoms with Crippen molar-refractivity contribution >= 4 is 0 Å². The Labute approximate surface area is 49.1 Å². The molecular weight excluding hydrogens is 128 g/mol. The van der Waals surface area contributed by atoms with E-state index in [2.05, 4.69) is 0 Å². The Kier molecular flexibility index (Phi) is 1.30. The molecule has 1 rings (SSSR count). The van der Waals surface area contributed by atoms with Gasteiger partial charge in [-0.3, -0.25) is 4.79 Å². The van der Waals surface area contributed by atoms with E-state index in [1.54, 1.807) is 0 Å². The minimum absolute atomic E-state index is 0.527. The van der Waals surface area contributed by atoms with Crippen molar-refractivity contribution in [1.82, 2.24) is 4.98 Å². The summed E-state index contributed by atoms with van der Waals surface area (Å²) >= 11 is 0. The first-order valence-electron chi connectivity index (χ1n) is 2.24. The Hall–Kier alpha value is -1.19. The third-order valence-electron chi connectivity index (χ3n) is 0.823. The van der Waals surface area contributed by atoms with Crippen LogP contribution in [0.1, 0.15) is 0 Å². The van der Waals surface area contributed by atoms with Crippen LogP contribution in [0.25, 0.3) is 0 Å². The molecule has 1 aromatic rings. The first-order chi connectivity index (χ1) is 4.20. The van der Waals surface area contributed by atoms with Gasteiger partial charge < -0.3 is 4.98 Å². The lowest BCUT2D eigenvalue weighted by Crippen LogP contribution is -2.09. The van der Waals surface area contributed by atoms with E-state index >= 15 is 0 Å². The predicted molar refractivity (Wildman–Crippen MR) is 27.0 cm³/mol. The van der Waals surface area contributed by atoms with E-state index in [4.69, 9.17) is 0 Å². The first kappa shape index (κ1) is 5.94. The molecule has 1 aromatic heterocycles. The number of aromatic amines is 1. The highest BCUT2D eigenvalue weighted by atomic mass is 19.1. The Balaban J connectivity index is 3.34. The maximum atomic E-state index is 12.0. The van der Waals surface area contributed by atoms with E-state index in [0.29, 0.717) is 6.07 Å². The second-order valence-electron chi connectivity index (χ2n) is 1.49. The van der Waals surface area contributed by atoms with Crippen molar-refractivity contribution in [3.8, 4) is 0 Å². The minimum Gasteiger partial charge on any atom is -0.324 e. The molecule has 0 aromatic carbocycles. The molecule has 0 spiro atoms. The highest BCUT2D eigenvalue weighted by Gasteiger charge is 1.96. The van der Waals surface area contributed by atoms with Gasteiger partial charge in [-0.1, -0.05) is 0 Å². The molecule has 1 heterocycles. The molecule has 0 saturated carbocycles. The monoisotopic (exact) mass is 131 g/mol. The van der Waals surface area contributed by atoms with Crippen LogP contribution >= 0.6 is 0 Å². The largest absolute Gasteiger partial charge is 0.324 e. The molecule has 2 nitrogen and oxygen atoms in total. The fraction of sp³-hybridized carbons (Fsp3) is 0. The molecule has 0 saturated heterocycles. The zero-order valence-corrected chi connectivity index (χ0v) is 4.32. The van der Waals surface area contributed by atoms with Gasteiger partial charge in [-0.25, -0.2) is 8.78 Å². The molecule has 0 fully saturated rings. The van der Waals surface area contributed by atoms with Crippen LogP contribution in [0.5, 0.6) is 0 Å². The fourth-order valence-corrected chi connectivity index (χ4v) is 0.432. The van der Waals surface area contributed by atoms with Crippen molar-refractivity contribution in [1.29, 1.82) is 0 Å². The molecule has 1 N–H and O–H groups in total. The molecule has 0 atom stereocenters. The highest BCUT2D eigenvalue weighted by molar-refractivity contribution is 4.96. The maximum Gasteiger partial charge on any atom is 0.284 e. The molecule has 0 aliphatic heterocycles. The lowest BCUT2D eigenvalue weighted by molar-refractivity contribution is 0.564. The standard InChI is InChI=1S/C5H3F2NO/c6-3-1-4(7)5(9)8-2-3/h1-2H,(H,8,9). The zero-order chi connectivity index (χ0) is 6.85. The van der Waals surface area contributed by atoms with Crippen LogP contribution in [0, 0.1) is 11.6 Å². The molecule has 0 bridgehead atoms. The zero-order valence-electron chi connectivity index (χ0n) is 4.32. The van der Waals surface area contributed by atoms with Gasteiger partial charge in [0.25, 0.3) is 5.56 Å². The van der Waals surface area contributed by atoms with Gasteiger partial charge in [0.1, 0.15) is 5.82 Å². The summed E-state index contributed by atoms with van der Waals surface area (Å²) in [5.74, 6) is -1.89. The molecule has 0 radical (unpaired) electrons. The lowest BCUT2D eigenvalue weighted by atomic mass is 10.5. The van der Waals surface area contributed by atoms with Gasteiger partial charge in [0.05, 0.1) is 0 Å². The van der Waals surface area contributed by atoms with Crippen molar-refractivity contribution in [2.75, 3.05) is 0 Å². The van der Waals surface area contributed by atoms with Crippen molar-refractivity contribution in [2.45, 2.75) is 0 Å². The minimum atomic E-state index is -1.10. The number of hydrogen-bond acceptors (Lipinski definition) is 1. The van der Waals surface area contributed by atoms with Gasteiger partial charge in [0.15, 0.2) is 5.82 Å². The smallest absolute Gasteiger partial charge is 0.284 e. The van der Waals surface area contributed by atoms with Crippen molar-refractivity contribution in [3.63, 3.8) is 0 Å². The predicted octanol–water partition coefficient (Wildman–Crippen LogP) is 0.653. The van der Waals surface area contributed by atoms with E-state index in [-0.39, 0.29) is 0 Å². The number of hydrogen-bond donors (Lipinski definition) is 1. The van der Waals surface area contributed by atoms with Crippen LogP contribution in [0.3, 0.4) is 0 Å². The topological polar surface area (TPSA) is 32.9 Å². The Bertz CT molecular complexity index is 268. The molecule has 0 amide bonds. The average molecular weight is 131 g/mol. The second kappa shape index (κ2) is 1.97. The van der Waals surface area contributed by atoms with Gasteiger partial charge >= 0.3 is 0 Å². The summed E-state index contributed by atoms with van der Waals surface area (Å²) in [5, 5.41) is 0.